The second kappa shape index (κ2) is 13.4. The molecule has 3 atom stereocenters. The molecule has 11 heteroatoms. The number of carboxylic acid groups (broad SMARTS) is 1. The molecule has 2 fully saturated rings. The van der Waals surface area contributed by atoms with E-state index in [1.54, 1.807) is 17.0 Å². The van der Waals surface area contributed by atoms with Gasteiger partial charge in [0.05, 0.1) is 23.6 Å². The molecule has 1 amide bonds. The van der Waals surface area contributed by atoms with Crippen molar-refractivity contribution in [3.63, 3.8) is 0 Å². The van der Waals surface area contributed by atoms with Crippen molar-refractivity contribution in [1.82, 2.24) is 10.2 Å². The molecule has 204 valence electrons. The first-order valence-corrected chi connectivity index (χ1v) is 13.9. The molecule has 0 radical (unpaired) electrons. The molecule has 38 heavy (non-hydrogen) atoms. The van der Waals surface area contributed by atoms with Crippen LogP contribution in [0.4, 0.5) is 0 Å². The smallest absolute Gasteiger partial charge is 0.303 e. The van der Waals surface area contributed by atoms with Crippen LogP contribution >= 0.6 is 0 Å². The van der Waals surface area contributed by atoms with Crippen LogP contribution in [0.25, 0.3) is 0 Å². The fraction of sp³-hybridized carbons (Fsp3) is 0.444. The van der Waals surface area contributed by atoms with Crippen LogP contribution in [0.15, 0.2) is 53.4 Å². The summed E-state index contributed by atoms with van der Waals surface area (Å²) in [6, 6.07) is 15.5. The number of nitrogens with zero attached hydrogens (tertiary/aromatic N) is 2. The highest BCUT2D eigenvalue weighted by Gasteiger charge is 2.37. The Morgan fingerprint density at radius 3 is 2.45 bits per heavy atom. The fourth-order valence-corrected chi connectivity index (χ4v) is 4.98. The third kappa shape index (κ3) is 8.28. The van der Waals surface area contributed by atoms with Crippen LogP contribution in [0.1, 0.15) is 49.1 Å². The molecule has 3 N–H and O–H groups in total. The van der Waals surface area contributed by atoms with E-state index in [1.165, 1.54) is 12.1 Å². The molecule has 0 aliphatic carbocycles. The van der Waals surface area contributed by atoms with E-state index < -0.39 is 16.1 Å². The standard InChI is InChI=1S/C20H25N3O4.C7H8O3S/c21-12-16-3-1-9-23(16)20(26)18-11-15(13-22-18)14-5-7-17(8-6-14)27-10-2-4-19(24)25;1-6-2-4-7(5-3-6)11(8,9)10/h5-8,15-16,18,22H,1-4,9-11,13H2,(H,24,25);2-5H,1H3,(H,8,9,10)/t15-,16-,18-;/m0./s1. The Bertz CT molecular complexity index is 1240. The molecular formula is C27H33N3O7S. The van der Waals surface area contributed by atoms with E-state index in [0.717, 1.165) is 42.7 Å². The molecule has 0 saturated carbocycles. The van der Waals surface area contributed by atoms with Crippen LogP contribution in [0, 0.1) is 18.3 Å². The number of ether oxygens (including phenoxy) is 1. The van der Waals surface area contributed by atoms with Gasteiger partial charge in [0, 0.05) is 19.5 Å². The van der Waals surface area contributed by atoms with Crippen molar-refractivity contribution in [3.8, 4) is 11.8 Å². The highest BCUT2D eigenvalue weighted by molar-refractivity contribution is 7.85. The summed E-state index contributed by atoms with van der Waals surface area (Å²) >= 11 is 0. The summed E-state index contributed by atoms with van der Waals surface area (Å²) in [5.74, 6) is 0.196. The van der Waals surface area contributed by atoms with Gasteiger partial charge in [0.15, 0.2) is 0 Å². The van der Waals surface area contributed by atoms with Gasteiger partial charge >= 0.3 is 5.97 Å². The number of aryl methyl sites for hydroxylation is 1. The van der Waals surface area contributed by atoms with Gasteiger partial charge in [0.1, 0.15) is 11.8 Å². The number of carbonyl (C=O) groups is 2. The number of hydrogen-bond acceptors (Lipinski definition) is 7. The second-order valence-corrected chi connectivity index (χ2v) is 10.8. The highest BCUT2D eigenvalue weighted by atomic mass is 32.2. The van der Waals surface area contributed by atoms with Crippen LogP contribution in [0.5, 0.6) is 5.75 Å². The molecule has 0 unspecified atom stereocenters. The summed E-state index contributed by atoms with van der Waals surface area (Å²) in [7, 11) is -4.02. The second-order valence-electron chi connectivity index (χ2n) is 9.42. The van der Waals surface area contributed by atoms with Crippen molar-refractivity contribution in [3.05, 3.63) is 59.7 Å². The molecule has 2 aromatic carbocycles. The van der Waals surface area contributed by atoms with Crippen LogP contribution in [-0.4, -0.2) is 66.6 Å². The largest absolute Gasteiger partial charge is 0.494 e. The first-order chi connectivity index (χ1) is 18.1. The van der Waals surface area contributed by atoms with E-state index in [0.29, 0.717) is 19.6 Å². The molecule has 2 aromatic rings. The summed E-state index contributed by atoms with van der Waals surface area (Å²) in [5.41, 5.74) is 2.10. The number of aliphatic carboxylic acids is 1. The number of hydrogen-bond donors (Lipinski definition) is 3. The van der Waals surface area contributed by atoms with Crippen LogP contribution < -0.4 is 10.1 Å². The van der Waals surface area contributed by atoms with E-state index in [2.05, 4.69) is 11.4 Å². The molecule has 2 aliphatic heterocycles. The molecule has 2 saturated heterocycles. The zero-order valence-electron chi connectivity index (χ0n) is 21.2. The van der Waals surface area contributed by atoms with Crippen molar-refractivity contribution in [2.45, 2.75) is 61.9 Å². The lowest BCUT2D eigenvalue weighted by Gasteiger charge is -2.23. The van der Waals surface area contributed by atoms with Gasteiger partial charge in [-0.3, -0.25) is 14.1 Å². The summed E-state index contributed by atoms with van der Waals surface area (Å²) < 4.78 is 35.1. The minimum atomic E-state index is -4.02. The molecule has 0 spiro atoms. The van der Waals surface area contributed by atoms with Crippen LogP contribution in [0.2, 0.25) is 0 Å². The molecule has 0 bridgehead atoms. The average molecular weight is 544 g/mol. The highest BCUT2D eigenvalue weighted by Crippen LogP contribution is 2.29. The first-order valence-electron chi connectivity index (χ1n) is 12.5. The Morgan fingerprint density at radius 1 is 1.16 bits per heavy atom. The van der Waals surface area contributed by atoms with Crippen molar-refractivity contribution < 1.29 is 32.4 Å². The lowest BCUT2D eigenvalue weighted by Crippen LogP contribution is -2.45. The van der Waals surface area contributed by atoms with Crippen molar-refractivity contribution in [1.29, 1.82) is 5.26 Å². The molecule has 2 aliphatic rings. The maximum Gasteiger partial charge on any atom is 0.303 e. The lowest BCUT2D eigenvalue weighted by atomic mass is 9.96. The number of carbonyl (C=O) groups excluding carboxylic acids is 1. The average Bonchev–Trinajstić information content (AvgIpc) is 3.57. The lowest BCUT2D eigenvalue weighted by molar-refractivity contribution is -0.137. The van der Waals surface area contributed by atoms with Crippen molar-refractivity contribution >= 4 is 22.0 Å². The minimum absolute atomic E-state index is 0.0416. The topological polar surface area (TPSA) is 157 Å². The first kappa shape index (κ1) is 29.1. The molecule has 0 aromatic heterocycles. The van der Waals surface area contributed by atoms with Gasteiger partial charge in [0.25, 0.3) is 10.1 Å². The summed E-state index contributed by atoms with van der Waals surface area (Å²) in [4.78, 5) is 24.8. The van der Waals surface area contributed by atoms with E-state index >= 15 is 0 Å². The van der Waals surface area contributed by atoms with Crippen molar-refractivity contribution in [2.75, 3.05) is 19.7 Å². The summed E-state index contributed by atoms with van der Waals surface area (Å²) in [5, 5.41) is 21.1. The van der Waals surface area contributed by atoms with E-state index in [9.17, 15) is 23.3 Å². The van der Waals surface area contributed by atoms with Gasteiger partial charge in [-0.05, 0) is 68.4 Å². The molecule has 10 nitrogen and oxygen atoms in total. The zero-order chi connectivity index (χ0) is 27.7. The SMILES string of the molecule is Cc1ccc(S(=O)(=O)O)cc1.N#C[C@@H]1CCCN1C(=O)[C@@H]1C[C@H](c2ccc(OCCCC(=O)O)cc2)CN1. The number of amides is 1. The summed E-state index contributed by atoms with van der Waals surface area (Å²) in [6.07, 6.45) is 2.98. The maximum atomic E-state index is 12.7. The van der Waals surface area contributed by atoms with Crippen molar-refractivity contribution in [2.24, 2.45) is 0 Å². The normalized spacial score (nSPS) is 20.8. The van der Waals surface area contributed by atoms with E-state index in [-0.39, 0.29) is 35.2 Å². The van der Waals surface area contributed by atoms with E-state index in [4.69, 9.17) is 14.4 Å². The van der Waals surface area contributed by atoms with Gasteiger partial charge in [0.2, 0.25) is 5.91 Å². The third-order valence-corrected chi connectivity index (χ3v) is 7.46. The molecule has 4 rings (SSSR count). The number of benzene rings is 2. The Kier molecular flexibility index (Phi) is 10.2. The van der Waals surface area contributed by atoms with Gasteiger partial charge < -0.3 is 20.1 Å². The van der Waals surface area contributed by atoms with Crippen LogP contribution in [-0.2, 0) is 19.7 Å². The number of nitriles is 1. The van der Waals surface area contributed by atoms with Gasteiger partial charge in [-0.1, -0.05) is 29.8 Å². The van der Waals surface area contributed by atoms with Gasteiger partial charge in [-0.25, -0.2) is 0 Å². The summed E-state index contributed by atoms with van der Waals surface area (Å²) in [6.45, 7) is 3.63. The minimum Gasteiger partial charge on any atom is -0.494 e. The molecule has 2 heterocycles. The number of rotatable bonds is 8. The Morgan fingerprint density at radius 2 is 1.84 bits per heavy atom. The zero-order valence-corrected chi connectivity index (χ0v) is 22.1. The van der Waals surface area contributed by atoms with E-state index in [1.807, 2.05) is 31.2 Å². The monoisotopic (exact) mass is 543 g/mol. The number of likely N-dealkylation sites (tertiary alicyclic amines) is 1. The number of carboxylic acids is 1. The predicted molar refractivity (Wildman–Crippen MR) is 139 cm³/mol. The van der Waals surface area contributed by atoms with Gasteiger partial charge in [-0.15, -0.1) is 0 Å². The fourth-order valence-electron chi connectivity index (χ4n) is 4.50. The molecular weight excluding hydrogens is 510 g/mol. The Balaban J connectivity index is 0.000000304. The Labute approximate surface area is 223 Å². The number of nitrogens with one attached hydrogen (secondary N) is 1. The predicted octanol–water partition coefficient (Wildman–Crippen LogP) is 3.13. The maximum absolute atomic E-state index is 12.7. The third-order valence-electron chi connectivity index (χ3n) is 6.59. The van der Waals surface area contributed by atoms with Gasteiger partial charge in [-0.2, -0.15) is 13.7 Å². The Hall–Kier alpha value is -3.46. The van der Waals surface area contributed by atoms with Crippen LogP contribution in [0.3, 0.4) is 0 Å². The quantitative estimate of drug-likeness (QED) is 0.336.